The quantitative estimate of drug-likeness (QED) is 0.597. The molecule has 0 radical (unpaired) electrons. The minimum Gasteiger partial charge on any atom is -0.483 e. The van der Waals surface area contributed by atoms with E-state index in [-0.39, 0.29) is 5.91 Å². The van der Waals surface area contributed by atoms with Crippen molar-refractivity contribution < 1.29 is 9.53 Å². The molecule has 0 fully saturated rings. The Hall–Kier alpha value is -2.50. The van der Waals surface area contributed by atoms with Crippen LogP contribution in [0, 0.1) is 0 Å². The second kappa shape index (κ2) is 4.01. The van der Waals surface area contributed by atoms with Crippen LogP contribution in [0.5, 0.6) is 5.75 Å². The fourth-order valence-electron chi connectivity index (χ4n) is 2.31. The average molecular weight is 258 g/mol. The van der Waals surface area contributed by atoms with Gasteiger partial charge in [-0.2, -0.15) is 5.10 Å². The molecule has 1 aromatic rings. The number of rotatable bonds is 1. The summed E-state index contributed by atoms with van der Waals surface area (Å²) in [5, 5.41) is 5.54. The van der Waals surface area contributed by atoms with Gasteiger partial charge in [0, 0.05) is 12.7 Å². The molecule has 98 valence electrons. The lowest BCUT2D eigenvalue weighted by Gasteiger charge is -2.40. The van der Waals surface area contributed by atoms with E-state index >= 15 is 0 Å². The number of benzene rings is 1. The third kappa shape index (κ3) is 1.64. The van der Waals surface area contributed by atoms with Crippen LogP contribution in [0.4, 0.5) is 11.4 Å². The first-order chi connectivity index (χ1) is 9.11. The summed E-state index contributed by atoms with van der Waals surface area (Å²) < 4.78 is 5.62. The van der Waals surface area contributed by atoms with Gasteiger partial charge in [0.15, 0.2) is 5.84 Å². The predicted molar refractivity (Wildman–Crippen MR) is 73.0 cm³/mol. The minimum atomic E-state index is -0.484. The molecule has 1 amide bonds. The zero-order valence-corrected chi connectivity index (χ0v) is 10.5. The van der Waals surface area contributed by atoms with Crippen molar-refractivity contribution in [2.24, 2.45) is 5.10 Å². The van der Waals surface area contributed by atoms with Crippen molar-refractivity contribution in [1.82, 2.24) is 5.01 Å². The number of amidine groups is 1. The van der Waals surface area contributed by atoms with Crippen molar-refractivity contribution in [3.63, 3.8) is 0 Å². The highest BCUT2D eigenvalue weighted by Crippen LogP contribution is 2.37. The Bertz CT molecular complexity index is 596. The monoisotopic (exact) mass is 258 g/mol. The van der Waals surface area contributed by atoms with Gasteiger partial charge in [0.05, 0.1) is 5.69 Å². The van der Waals surface area contributed by atoms with Crippen LogP contribution in [-0.4, -0.2) is 36.4 Å². The molecule has 1 atom stereocenters. The number of nitrogen functional groups attached to an aromatic ring is 1. The van der Waals surface area contributed by atoms with Crippen LogP contribution in [0.2, 0.25) is 0 Å². The van der Waals surface area contributed by atoms with Gasteiger partial charge in [0.1, 0.15) is 18.4 Å². The van der Waals surface area contributed by atoms with E-state index in [4.69, 9.17) is 10.5 Å². The number of hydrogen-bond acceptors (Lipinski definition) is 5. The van der Waals surface area contributed by atoms with Gasteiger partial charge < -0.3 is 15.4 Å². The second-order valence-electron chi connectivity index (χ2n) is 4.44. The Morgan fingerprint density at radius 2 is 2.37 bits per heavy atom. The van der Waals surface area contributed by atoms with Crippen LogP contribution in [-0.2, 0) is 4.79 Å². The number of nitrogens with two attached hydrogens (primary N) is 1. The average Bonchev–Trinajstić information content (AvgIpc) is 2.40. The summed E-state index contributed by atoms with van der Waals surface area (Å²) in [6.07, 6.45) is 1.60. The lowest BCUT2D eigenvalue weighted by atomic mass is 10.1. The van der Waals surface area contributed by atoms with Crippen molar-refractivity contribution in [3.8, 4) is 5.75 Å². The number of anilines is 2. The summed E-state index contributed by atoms with van der Waals surface area (Å²) in [5.74, 6) is 1.23. The lowest BCUT2D eigenvalue weighted by Crippen LogP contribution is -2.56. The summed E-state index contributed by atoms with van der Waals surface area (Å²) in [6.45, 7) is 4.06. The highest BCUT2D eigenvalue weighted by atomic mass is 16.5. The SMILES string of the molecule is C=CC1C(=O)N(C)N=C2COc3ccc(N)cc3N21. The van der Waals surface area contributed by atoms with E-state index < -0.39 is 6.04 Å². The molecule has 3 rings (SSSR count). The highest BCUT2D eigenvalue weighted by molar-refractivity contribution is 6.10. The number of carbonyl (C=O) groups is 1. The van der Waals surface area contributed by atoms with Crippen molar-refractivity contribution in [2.75, 3.05) is 24.3 Å². The molecule has 0 saturated heterocycles. The molecule has 2 heterocycles. The third-order valence-electron chi connectivity index (χ3n) is 3.22. The van der Waals surface area contributed by atoms with Crippen LogP contribution in [0.1, 0.15) is 0 Å². The van der Waals surface area contributed by atoms with Crippen molar-refractivity contribution in [3.05, 3.63) is 30.9 Å². The van der Waals surface area contributed by atoms with Crippen LogP contribution in [0.25, 0.3) is 0 Å². The van der Waals surface area contributed by atoms with Crippen molar-refractivity contribution in [2.45, 2.75) is 6.04 Å². The van der Waals surface area contributed by atoms with Gasteiger partial charge >= 0.3 is 0 Å². The van der Waals surface area contributed by atoms with Crippen LogP contribution < -0.4 is 15.4 Å². The lowest BCUT2D eigenvalue weighted by molar-refractivity contribution is -0.130. The normalized spacial score (nSPS) is 21.2. The predicted octanol–water partition coefficient (Wildman–Crippen LogP) is 0.808. The van der Waals surface area contributed by atoms with Gasteiger partial charge in [-0.1, -0.05) is 6.08 Å². The van der Waals surface area contributed by atoms with E-state index in [1.807, 2.05) is 4.90 Å². The van der Waals surface area contributed by atoms with E-state index in [9.17, 15) is 4.79 Å². The Morgan fingerprint density at radius 1 is 1.58 bits per heavy atom. The Balaban J connectivity index is 2.17. The van der Waals surface area contributed by atoms with Crippen LogP contribution >= 0.6 is 0 Å². The maximum Gasteiger partial charge on any atom is 0.269 e. The maximum absolute atomic E-state index is 12.1. The summed E-state index contributed by atoms with van der Waals surface area (Å²) in [6, 6.07) is 4.85. The number of nitrogens with zero attached hydrogens (tertiary/aromatic N) is 3. The van der Waals surface area contributed by atoms with Crippen molar-refractivity contribution >= 4 is 23.1 Å². The molecule has 1 unspecified atom stereocenters. The molecule has 2 N–H and O–H groups in total. The molecule has 19 heavy (non-hydrogen) atoms. The van der Waals surface area contributed by atoms with E-state index in [0.29, 0.717) is 23.9 Å². The maximum atomic E-state index is 12.1. The fraction of sp³-hybridized carbons (Fsp3) is 0.231. The topological polar surface area (TPSA) is 71.2 Å². The number of carbonyl (C=O) groups excluding carboxylic acids is 1. The summed E-state index contributed by atoms with van der Waals surface area (Å²) in [5.41, 5.74) is 7.16. The largest absolute Gasteiger partial charge is 0.483 e. The van der Waals surface area contributed by atoms with E-state index in [2.05, 4.69) is 11.7 Å². The summed E-state index contributed by atoms with van der Waals surface area (Å²) >= 11 is 0. The molecule has 0 aliphatic carbocycles. The minimum absolute atomic E-state index is 0.131. The number of likely N-dealkylation sites (N-methyl/N-ethyl adjacent to an activating group) is 1. The van der Waals surface area contributed by atoms with Crippen molar-refractivity contribution in [1.29, 1.82) is 0 Å². The molecule has 0 saturated carbocycles. The van der Waals surface area contributed by atoms with Gasteiger partial charge in [-0.15, -0.1) is 6.58 Å². The number of hydrogen-bond donors (Lipinski definition) is 1. The Kier molecular flexibility index (Phi) is 2.45. The molecule has 0 spiro atoms. The van der Waals surface area contributed by atoms with Gasteiger partial charge in [0.2, 0.25) is 0 Å². The van der Waals surface area contributed by atoms with Gasteiger partial charge in [0.25, 0.3) is 5.91 Å². The van der Waals surface area contributed by atoms with E-state index in [1.165, 1.54) is 5.01 Å². The van der Waals surface area contributed by atoms with E-state index in [1.54, 1.807) is 31.3 Å². The number of fused-ring (bicyclic) bond motifs is 3. The summed E-state index contributed by atoms with van der Waals surface area (Å²) in [7, 11) is 1.62. The fourth-order valence-corrected chi connectivity index (χ4v) is 2.31. The first-order valence-corrected chi connectivity index (χ1v) is 5.91. The first-order valence-electron chi connectivity index (χ1n) is 5.91. The zero-order valence-electron chi connectivity index (χ0n) is 10.5. The standard InChI is InChI=1S/C13H14N4O2/c1-3-9-13(18)16(2)15-12-7-19-11-5-4-8(14)6-10(11)17(9)12/h3-6,9H,1,7,14H2,2H3. The molecule has 6 nitrogen and oxygen atoms in total. The molecular formula is C13H14N4O2. The number of ether oxygens (including phenoxy) is 1. The second-order valence-corrected chi connectivity index (χ2v) is 4.44. The molecule has 2 aliphatic heterocycles. The highest BCUT2D eigenvalue weighted by Gasteiger charge is 2.38. The van der Waals surface area contributed by atoms with Crippen LogP contribution in [0.3, 0.4) is 0 Å². The third-order valence-corrected chi connectivity index (χ3v) is 3.22. The molecule has 6 heteroatoms. The van der Waals surface area contributed by atoms with Gasteiger partial charge in [-0.05, 0) is 18.2 Å². The zero-order chi connectivity index (χ0) is 13.6. The summed E-state index contributed by atoms with van der Waals surface area (Å²) in [4.78, 5) is 14.0. The number of hydrazone groups is 1. The molecule has 2 aliphatic rings. The molecular weight excluding hydrogens is 244 g/mol. The van der Waals surface area contributed by atoms with Crippen LogP contribution in [0.15, 0.2) is 36.0 Å². The van der Waals surface area contributed by atoms with Gasteiger partial charge in [-0.3, -0.25) is 4.79 Å². The van der Waals surface area contributed by atoms with Gasteiger partial charge in [-0.25, -0.2) is 5.01 Å². The Morgan fingerprint density at radius 3 is 3.11 bits per heavy atom. The molecule has 0 aromatic heterocycles. The molecule has 1 aromatic carbocycles. The first kappa shape index (κ1) is 11.6. The number of amides is 1. The molecule has 0 bridgehead atoms. The smallest absolute Gasteiger partial charge is 0.269 e. The Labute approximate surface area is 110 Å². The van der Waals surface area contributed by atoms with E-state index in [0.717, 1.165) is 5.69 Å².